The van der Waals surface area contributed by atoms with Gasteiger partial charge in [-0.1, -0.05) is 6.07 Å². The van der Waals surface area contributed by atoms with E-state index >= 15 is 4.39 Å². The van der Waals surface area contributed by atoms with Crippen molar-refractivity contribution in [2.75, 3.05) is 29.5 Å². The lowest BCUT2D eigenvalue weighted by molar-refractivity contribution is -0.140. The minimum Gasteiger partial charge on any atom is -0.490 e. The largest absolute Gasteiger partial charge is 0.490 e. The van der Waals surface area contributed by atoms with E-state index in [9.17, 15) is 47.2 Å². The Morgan fingerprint density at radius 3 is 2.35 bits per heavy atom. The number of anilines is 2. The van der Waals surface area contributed by atoms with Crippen molar-refractivity contribution in [3.05, 3.63) is 101 Å². The molecule has 65 heavy (non-hydrogen) atoms. The van der Waals surface area contributed by atoms with Crippen LogP contribution >= 0.6 is 12.2 Å². The third kappa shape index (κ3) is 8.96. The van der Waals surface area contributed by atoms with Gasteiger partial charge in [0.15, 0.2) is 17.5 Å². The van der Waals surface area contributed by atoms with Crippen molar-refractivity contribution in [2.24, 2.45) is 0 Å². The number of carbonyl (C=O) groups is 6. The van der Waals surface area contributed by atoms with Crippen molar-refractivity contribution in [2.45, 2.75) is 70.3 Å². The van der Waals surface area contributed by atoms with Gasteiger partial charge in [-0.25, -0.2) is 4.39 Å². The van der Waals surface area contributed by atoms with Crippen LogP contribution in [0.1, 0.15) is 66.6 Å². The number of thiocarbonyl (C=S) groups is 1. The molecule has 15 nitrogen and oxygen atoms in total. The first-order valence-corrected chi connectivity index (χ1v) is 20.6. The lowest BCUT2D eigenvalue weighted by atomic mass is 10.0. The monoisotopic (exact) mass is 913 g/mol. The number of nitrogens with zero attached hydrogens (tertiary/aromatic N) is 6. The van der Waals surface area contributed by atoms with Crippen LogP contribution < -0.4 is 24.6 Å². The first-order chi connectivity index (χ1) is 30.8. The average Bonchev–Trinajstić information content (AvgIpc) is 3.45. The molecule has 3 aliphatic heterocycles. The minimum absolute atomic E-state index is 0.00588. The van der Waals surface area contributed by atoms with Crippen molar-refractivity contribution in [1.82, 2.24) is 20.1 Å². The average molecular weight is 914 g/mol. The number of alkyl halides is 3. The summed E-state index contributed by atoms with van der Waals surface area (Å²) >= 11 is 5.53. The van der Waals surface area contributed by atoms with Gasteiger partial charge in [-0.3, -0.25) is 48.9 Å². The maximum atomic E-state index is 15.4. The predicted molar refractivity (Wildman–Crippen MR) is 228 cm³/mol. The topological polar surface area (TPSA) is 183 Å². The predicted octanol–water partition coefficient (Wildman–Crippen LogP) is 5.86. The zero-order valence-electron chi connectivity index (χ0n) is 35.0. The van der Waals surface area contributed by atoms with E-state index < -0.39 is 64.0 Å². The summed E-state index contributed by atoms with van der Waals surface area (Å²) in [6, 6.07) is 16.9. The molecule has 3 fully saturated rings. The number of hydrogen-bond acceptors (Lipinski definition) is 11. The number of amides is 6. The van der Waals surface area contributed by atoms with E-state index in [0.717, 1.165) is 17.0 Å². The molecule has 20 heteroatoms. The van der Waals surface area contributed by atoms with Crippen LogP contribution in [-0.4, -0.2) is 93.2 Å². The Morgan fingerprint density at radius 1 is 1.03 bits per heavy atom. The van der Waals surface area contributed by atoms with E-state index in [0.29, 0.717) is 59.1 Å². The van der Waals surface area contributed by atoms with Crippen molar-refractivity contribution in [1.29, 1.82) is 5.26 Å². The molecule has 0 bridgehead atoms. The molecule has 3 aromatic carbocycles. The summed E-state index contributed by atoms with van der Waals surface area (Å²) in [4.78, 5) is 84.8. The number of rotatable bonds is 11. The van der Waals surface area contributed by atoms with Gasteiger partial charge in [0.1, 0.15) is 34.7 Å². The molecule has 336 valence electrons. The number of likely N-dealkylation sites (tertiary alicyclic amines) is 1. The molecule has 0 radical (unpaired) electrons. The fraction of sp³-hybridized carbons (Fsp3) is 0.311. The zero-order valence-corrected chi connectivity index (χ0v) is 35.8. The molecule has 3 saturated heterocycles. The lowest BCUT2D eigenvalue weighted by Crippen LogP contribution is -2.53. The Hall–Kier alpha value is -7.27. The van der Waals surface area contributed by atoms with E-state index in [-0.39, 0.29) is 54.3 Å². The third-order valence-corrected chi connectivity index (χ3v) is 11.8. The van der Waals surface area contributed by atoms with Crippen LogP contribution in [0.5, 0.6) is 11.5 Å². The van der Waals surface area contributed by atoms with Crippen molar-refractivity contribution >= 4 is 64.7 Å². The molecule has 7 rings (SSSR count). The number of halogens is 4. The second kappa shape index (κ2) is 18.1. The summed E-state index contributed by atoms with van der Waals surface area (Å²) in [7, 11) is 0. The van der Waals surface area contributed by atoms with Crippen LogP contribution in [0.4, 0.5) is 28.9 Å². The summed E-state index contributed by atoms with van der Waals surface area (Å²) < 4.78 is 68.7. The molecule has 0 aliphatic carbocycles. The van der Waals surface area contributed by atoms with Crippen LogP contribution in [0, 0.1) is 24.1 Å². The second-order valence-corrected chi connectivity index (χ2v) is 16.2. The highest BCUT2D eigenvalue weighted by molar-refractivity contribution is 7.81. The van der Waals surface area contributed by atoms with E-state index in [1.54, 1.807) is 54.3 Å². The Kier molecular flexibility index (Phi) is 12.7. The summed E-state index contributed by atoms with van der Waals surface area (Å²) in [5.74, 6) is -3.98. The summed E-state index contributed by atoms with van der Waals surface area (Å²) in [5.41, 5.74) is -2.85. The number of pyridine rings is 1. The van der Waals surface area contributed by atoms with Crippen LogP contribution in [0.3, 0.4) is 0 Å². The summed E-state index contributed by atoms with van der Waals surface area (Å²) in [6.45, 7) is 5.07. The van der Waals surface area contributed by atoms with Crippen LogP contribution in [0.2, 0.25) is 0 Å². The first-order valence-electron chi connectivity index (χ1n) is 20.2. The standard InChI is InChI=1S/C45H39F4N7O8S/c1-25-31(41(61)54(24-57)34-15-16-36(58)52-40(34)60)5-4-6-35(25)63-23-37(59)53-19-17-30(18-20-53)64-29-11-7-26(8-12-29)32-13-10-28(22-51-32)56-43(65)55(42(62)44(56,2)3)33-14-9-27(21-50)38(39(33)46)45(47,48)49/h4-14,22,24,30,34H,15-20,23H2,1-3H3,(H,52,58,60). The highest BCUT2D eigenvalue weighted by Crippen LogP contribution is 2.42. The summed E-state index contributed by atoms with van der Waals surface area (Å²) in [6.07, 6.45) is -2.63. The highest BCUT2D eigenvalue weighted by atomic mass is 32.1. The number of nitriles is 1. The number of carbonyl (C=O) groups excluding carboxylic acids is 6. The molecule has 1 unspecified atom stereocenters. The molecular weight excluding hydrogens is 875 g/mol. The van der Waals surface area contributed by atoms with Gasteiger partial charge in [-0.2, -0.15) is 18.4 Å². The smallest absolute Gasteiger partial charge is 0.420 e. The van der Waals surface area contributed by atoms with E-state index in [1.165, 1.54) is 43.1 Å². The quantitative estimate of drug-likeness (QED) is 0.0821. The summed E-state index contributed by atoms with van der Waals surface area (Å²) in [5, 5.41) is 11.0. The zero-order chi connectivity index (χ0) is 47.0. The van der Waals surface area contributed by atoms with Gasteiger partial charge < -0.3 is 19.3 Å². The second-order valence-electron chi connectivity index (χ2n) is 15.9. The number of nitrogens with one attached hydrogen (secondary N) is 1. The van der Waals surface area contributed by atoms with Crippen molar-refractivity contribution in [3.8, 4) is 28.8 Å². The van der Waals surface area contributed by atoms with E-state index in [1.807, 2.05) is 0 Å². The van der Waals surface area contributed by atoms with Gasteiger partial charge in [0.2, 0.25) is 18.2 Å². The number of ether oxygens (including phenoxy) is 2. The molecule has 3 aliphatic rings. The molecule has 1 atom stereocenters. The normalized spacial score (nSPS) is 17.7. The van der Waals surface area contributed by atoms with Crippen molar-refractivity contribution < 1.29 is 55.8 Å². The van der Waals surface area contributed by atoms with Crippen LogP contribution in [0.25, 0.3) is 11.3 Å². The number of hydrogen-bond donors (Lipinski definition) is 1. The van der Waals surface area contributed by atoms with E-state index in [2.05, 4.69) is 10.3 Å². The first kappa shape index (κ1) is 45.7. The Balaban J connectivity index is 0.925. The fourth-order valence-corrected chi connectivity index (χ4v) is 8.46. The van der Waals surface area contributed by atoms with Gasteiger partial charge in [-0.15, -0.1) is 0 Å². The maximum absolute atomic E-state index is 15.4. The molecule has 4 heterocycles. The minimum atomic E-state index is -5.20. The Bertz CT molecular complexity index is 2650. The van der Waals surface area contributed by atoms with E-state index in [4.69, 9.17) is 21.7 Å². The lowest BCUT2D eigenvalue weighted by Gasteiger charge is -2.32. The molecule has 1 N–H and O–H groups in total. The number of piperidine rings is 2. The molecule has 0 spiro atoms. The number of imide groups is 2. The van der Waals surface area contributed by atoms with Gasteiger partial charge in [-0.05, 0) is 100 Å². The van der Waals surface area contributed by atoms with Crippen LogP contribution in [-0.2, 0) is 30.1 Å². The Morgan fingerprint density at radius 2 is 1.74 bits per heavy atom. The van der Waals surface area contributed by atoms with Gasteiger partial charge in [0.05, 0.1) is 34.9 Å². The third-order valence-electron chi connectivity index (χ3n) is 11.4. The van der Waals surface area contributed by atoms with Gasteiger partial charge in [0, 0.05) is 49.0 Å². The number of aromatic nitrogens is 1. The number of benzene rings is 3. The molecule has 4 aromatic rings. The van der Waals surface area contributed by atoms with Gasteiger partial charge in [0.25, 0.3) is 17.7 Å². The maximum Gasteiger partial charge on any atom is 0.420 e. The fourth-order valence-electron chi connectivity index (χ4n) is 7.94. The van der Waals surface area contributed by atoms with Gasteiger partial charge >= 0.3 is 6.18 Å². The molecule has 6 amide bonds. The molecule has 1 aromatic heterocycles. The van der Waals surface area contributed by atoms with Crippen molar-refractivity contribution in [3.63, 3.8) is 0 Å². The molecule has 0 saturated carbocycles. The SMILES string of the molecule is Cc1c(OCC(=O)N2CCC(Oc3ccc(-c4ccc(N5C(=S)N(c6ccc(C#N)c(C(F)(F)F)c6F)C(=O)C5(C)C)cn4)cc3)CC2)cccc1C(=O)N(C=O)C1CCC(=O)NC1=O. The Labute approximate surface area is 374 Å². The molecular formula is C45H39F4N7O8S. The highest BCUT2D eigenvalue weighted by Gasteiger charge is 2.52. The van der Waals surface area contributed by atoms with Crippen LogP contribution in [0.15, 0.2) is 72.9 Å².